The van der Waals surface area contributed by atoms with Crippen LogP contribution in [0.1, 0.15) is 27.2 Å². The van der Waals surface area contributed by atoms with E-state index in [1.165, 1.54) is 24.3 Å². The molecule has 0 fully saturated rings. The fourth-order valence-electron chi connectivity index (χ4n) is 3.28. The minimum absolute atomic E-state index is 0.0186. The minimum atomic E-state index is -3.83. The first-order valence-corrected chi connectivity index (χ1v) is 12.0. The van der Waals surface area contributed by atoms with Gasteiger partial charge in [-0.05, 0) is 65.6 Å². The molecular weight excluding hydrogens is 467 g/mol. The number of sulfone groups is 1. The molecule has 0 amide bonds. The van der Waals surface area contributed by atoms with E-state index >= 15 is 0 Å². The summed E-state index contributed by atoms with van der Waals surface area (Å²) in [5.74, 6) is -1.28. The average Bonchev–Trinajstić information content (AvgIpc) is 2.74. The Labute approximate surface area is 197 Å². The van der Waals surface area contributed by atoms with Crippen molar-refractivity contribution in [2.24, 2.45) is 5.41 Å². The van der Waals surface area contributed by atoms with Crippen molar-refractivity contribution < 1.29 is 27.4 Å². The van der Waals surface area contributed by atoms with Gasteiger partial charge in [-0.1, -0.05) is 44.5 Å². The van der Waals surface area contributed by atoms with Gasteiger partial charge in [0.2, 0.25) is 9.84 Å². The van der Waals surface area contributed by atoms with Crippen LogP contribution in [0.4, 0.5) is 4.39 Å². The maximum absolute atomic E-state index is 13.2. The lowest BCUT2D eigenvalue weighted by molar-refractivity contribution is -0.146. The van der Waals surface area contributed by atoms with Gasteiger partial charge < -0.3 is 9.84 Å². The quantitative estimate of drug-likeness (QED) is 0.396. The number of ether oxygens (including phenoxy) is 1. The van der Waals surface area contributed by atoms with Gasteiger partial charge >= 0.3 is 5.97 Å². The number of hydrogen-bond donors (Lipinski definition) is 1. The Balaban J connectivity index is 1.96. The third-order valence-electron chi connectivity index (χ3n) is 4.88. The molecule has 0 spiro atoms. The standard InChI is InChI=1S/C25H24ClFO5S/c1-25(2,3)15-23(24(28)29)32-22-13-6-17(26)14-21(22)16-4-9-19(10-5-16)33(30,31)20-11-7-18(27)8-12-20/h4-14,23H,15H2,1-3H3,(H,28,29)/t23-/m0/s1. The highest BCUT2D eigenvalue weighted by Crippen LogP contribution is 2.35. The molecule has 0 aliphatic heterocycles. The van der Waals surface area contributed by atoms with Gasteiger partial charge in [-0.15, -0.1) is 0 Å². The van der Waals surface area contributed by atoms with E-state index in [1.807, 2.05) is 20.8 Å². The van der Waals surface area contributed by atoms with E-state index in [2.05, 4.69) is 0 Å². The number of rotatable bonds is 7. The van der Waals surface area contributed by atoms with Crippen LogP contribution in [0.25, 0.3) is 11.1 Å². The topological polar surface area (TPSA) is 80.7 Å². The second-order valence-electron chi connectivity index (χ2n) is 8.83. The third-order valence-corrected chi connectivity index (χ3v) is 6.90. The van der Waals surface area contributed by atoms with Crippen molar-refractivity contribution >= 4 is 27.4 Å². The lowest BCUT2D eigenvalue weighted by atomic mass is 9.89. The van der Waals surface area contributed by atoms with Gasteiger partial charge in [0.25, 0.3) is 0 Å². The zero-order valence-electron chi connectivity index (χ0n) is 18.4. The fourth-order valence-corrected chi connectivity index (χ4v) is 4.72. The first kappa shape index (κ1) is 24.7. The summed E-state index contributed by atoms with van der Waals surface area (Å²) in [4.78, 5) is 11.8. The van der Waals surface area contributed by atoms with Crippen LogP contribution in [-0.4, -0.2) is 25.6 Å². The second-order valence-corrected chi connectivity index (χ2v) is 11.2. The Kier molecular flexibility index (Phi) is 7.14. The van der Waals surface area contributed by atoms with Gasteiger partial charge in [-0.2, -0.15) is 0 Å². The predicted octanol–water partition coefficient (Wildman–Crippen LogP) is 6.25. The lowest BCUT2D eigenvalue weighted by Gasteiger charge is -2.25. The molecule has 0 radical (unpaired) electrons. The first-order chi connectivity index (χ1) is 15.4. The van der Waals surface area contributed by atoms with Crippen molar-refractivity contribution in [3.63, 3.8) is 0 Å². The summed E-state index contributed by atoms with van der Waals surface area (Å²) in [6.07, 6.45) is -0.776. The molecule has 1 N–H and O–H groups in total. The van der Waals surface area contributed by atoms with Crippen LogP contribution in [0, 0.1) is 11.2 Å². The summed E-state index contributed by atoms with van der Waals surface area (Å²) in [6, 6.07) is 15.5. The van der Waals surface area contributed by atoms with Crippen LogP contribution < -0.4 is 4.74 Å². The van der Waals surface area contributed by atoms with E-state index in [-0.39, 0.29) is 15.2 Å². The number of aliphatic carboxylic acids is 1. The molecule has 0 unspecified atom stereocenters. The van der Waals surface area contributed by atoms with E-state index in [0.717, 1.165) is 12.1 Å². The van der Waals surface area contributed by atoms with Crippen LogP contribution in [0.5, 0.6) is 5.75 Å². The summed E-state index contributed by atoms with van der Waals surface area (Å²) < 4.78 is 44.7. The number of carbonyl (C=O) groups is 1. The zero-order chi connectivity index (χ0) is 24.4. The van der Waals surface area contributed by atoms with Crippen LogP contribution in [0.2, 0.25) is 5.02 Å². The zero-order valence-corrected chi connectivity index (χ0v) is 20.0. The number of carboxylic acid groups (broad SMARTS) is 1. The molecule has 1 atom stereocenters. The summed E-state index contributed by atoms with van der Waals surface area (Å²) in [5.41, 5.74) is 0.866. The van der Waals surface area contributed by atoms with Gasteiger partial charge in [0.05, 0.1) is 9.79 Å². The van der Waals surface area contributed by atoms with Gasteiger partial charge in [0.1, 0.15) is 11.6 Å². The molecule has 3 aromatic carbocycles. The van der Waals surface area contributed by atoms with Crippen LogP contribution in [0.15, 0.2) is 76.5 Å². The van der Waals surface area contributed by atoms with Crippen molar-refractivity contribution in [1.29, 1.82) is 0 Å². The van der Waals surface area contributed by atoms with Gasteiger partial charge in [0, 0.05) is 17.0 Å². The summed E-state index contributed by atoms with van der Waals surface area (Å²) in [6.45, 7) is 5.78. The molecule has 3 aromatic rings. The maximum Gasteiger partial charge on any atom is 0.344 e. The number of benzene rings is 3. The Morgan fingerprint density at radius 3 is 2.06 bits per heavy atom. The van der Waals surface area contributed by atoms with Crippen molar-refractivity contribution in [2.75, 3.05) is 0 Å². The highest BCUT2D eigenvalue weighted by atomic mass is 35.5. The third kappa shape index (κ3) is 6.12. The van der Waals surface area contributed by atoms with Gasteiger partial charge in [0.15, 0.2) is 6.10 Å². The van der Waals surface area contributed by atoms with E-state index < -0.39 is 27.7 Å². The Hall–Kier alpha value is -2.90. The minimum Gasteiger partial charge on any atom is -0.479 e. The van der Waals surface area contributed by atoms with Crippen molar-refractivity contribution in [1.82, 2.24) is 0 Å². The van der Waals surface area contributed by atoms with E-state index in [9.17, 15) is 22.7 Å². The molecule has 0 aliphatic rings. The number of hydrogen-bond acceptors (Lipinski definition) is 4. The molecule has 0 saturated heterocycles. The van der Waals surface area contributed by atoms with Crippen molar-refractivity contribution in [3.8, 4) is 16.9 Å². The molecular formula is C25H24ClFO5S. The normalized spacial score (nSPS) is 12.9. The van der Waals surface area contributed by atoms with Crippen LogP contribution in [-0.2, 0) is 14.6 Å². The number of carboxylic acids is 1. The molecule has 0 bridgehead atoms. The van der Waals surface area contributed by atoms with E-state index in [4.69, 9.17) is 16.3 Å². The second kappa shape index (κ2) is 9.53. The first-order valence-electron chi connectivity index (χ1n) is 10.2. The monoisotopic (exact) mass is 490 g/mol. The fraction of sp³-hybridized carbons (Fsp3) is 0.240. The highest BCUT2D eigenvalue weighted by molar-refractivity contribution is 7.91. The maximum atomic E-state index is 13.2. The van der Waals surface area contributed by atoms with E-state index in [0.29, 0.717) is 28.3 Å². The van der Waals surface area contributed by atoms with E-state index in [1.54, 1.807) is 30.3 Å². The molecule has 8 heteroatoms. The lowest BCUT2D eigenvalue weighted by Crippen LogP contribution is -2.31. The molecule has 174 valence electrons. The smallest absolute Gasteiger partial charge is 0.344 e. The predicted molar refractivity (Wildman–Crippen MR) is 125 cm³/mol. The van der Waals surface area contributed by atoms with Crippen molar-refractivity contribution in [2.45, 2.75) is 43.1 Å². The summed E-state index contributed by atoms with van der Waals surface area (Å²) in [7, 11) is -3.83. The summed E-state index contributed by atoms with van der Waals surface area (Å²) >= 11 is 6.17. The summed E-state index contributed by atoms with van der Waals surface area (Å²) in [5, 5.41) is 10.0. The number of halogens is 2. The van der Waals surface area contributed by atoms with Gasteiger partial charge in [-0.3, -0.25) is 0 Å². The Morgan fingerprint density at radius 2 is 1.55 bits per heavy atom. The largest absolute Gasteiger partial charge is 0.479 e. The van der Waals surface area contributed by atoms with Crippen LogP contribution >= 0.6 is 11.6 Å². The molecule has 33 heavy (non-hydrogen) atoms. The van der Waals surface area contributed by atoms with Crippen LogP contribution in [0.3, 0.4) is 0 Å². The SMILES string of the molecule is CC(C)(C)C[C@H](Oc1ccc(Cl)cc1-c1ccc(S(=O)(=O)c2ccc(F)cc2)cc1)C(=O)O. The highest BCUT2D eigenvalue weighted by Gasteiger charge is 2.27. The van der Waals surface area contributed by atoms with Crippen molar-refractivity contribution in [3.05, 3.63) is 77.6 Å². The molecule has 5 nitrogen and oxygen atoms in total. The Morgan fingerprint density at radius 1 is 1.00 bits per heavy atom. The Bertz CT molecular complexity index is 1250. The molecule has 0 saturated carbocycles. The molecule has 3 rings (SSSR count). The van der Waals surface area contributed by atoms with Gasteiger partial charge in [-0.25, -0.2) is 17.6 Å². The molecule has 0 aliphatic carbocycles. The average molecular weight is 491 g/mol. The molecule has 0 heterocycles. The molecule has 0 aromatic heterocycles.